The summed E-state index contributed by atoms with van der Waals surface area (Å²) in [6.07, 6.45) is 3.92. The normalized spacial score (nSPS) is 11.6. The highest BCUT2D eigenvalue weighted by atomic mass is 32.2. The minimum absolute atomic E-state index is 0.571. The van der Waals surface area contributed by atoms with Gasteiger partial charge in [-0.2, -0.15) is 5.21 Å². The van der Waals surface area contributed by atoms with Gasteiger partial charge < -0.3 is 4.57 Å². The zero-order chi connectivity index (χ0) is 17.5. The minimum Gasteiger partial charge on any atom is -0.326 e. The molecule has 0 unspecified atom stereocenters. The number of hydrogen-bond donors (Lipinski definition) is 1. The van der Waals surface area contributed by atoms with Gasteiger partial charge in [0.2, 0.25) is 5.82 Å². The van der Waals surface area contributed by atoms with Crippen molar-refractivity contribution in [1.29, 1.82) is 0 Å². The SMILES string of the molecule is CSc1nc2ccc(Cn3cnc4cc(-c5nn[nH]n5)ccc43)cc2s1. The second-order valence-corrected chi connectivity index (χ2v) is 7.88. The molecule has 0 bridgehead atoms. The lowest BCUT2D eigenvalue weighted by Crippen LogP contribution is -1.97. The molecule has 3 aromatic heterocycles. The van der Waals surface area contributed by atoms with Crippen LogP contribution in [0.15, 0.2) is 47.1 Å². The molecule has 5 aromatic rings. The van der Waals surface area contributed by atoms with Crippen molar-refractivity contribution in [2.45, 2.75) is 10.9 Å². The molecule has 0 aliphatic rings. The fourth-order valence-corrected chi connectivity index (χ4v) is 4.50. The first-order chi connectivity index (χ1) is 12.8. The Morgan fingerprint density at radius 3 is 2.96 bits per heavy atom. The maximum absolute atomic E-state index is 4.60. The summed E-state index contributed by atoms with van der Waals surface area (Å²) in [5, 5.41) is 14.1. The van der Waals surface area contributed by atoms with Crippen molar-refractivity contribution < 1.29 is 0 Å². The van der Waals surface area contributed by atoms with Crippen LogP contribution < -0.4 is 0 Å². The van der Waals surface area contributed by atoms with E-state index in [0.717, 1.165) is 33.0 Å². The highest BCUT2D eigenvalue weighted by Crippen LogP contribution is 2.29. The van der Waals surface area contributed by atoms with Gasteiger partial charge in [0.15, 0.2) is 4.34 Å². The third-order valence-electron chi connectivity index (χ3n) is 4.19. The van der Waals surface area contributed by atoms with Gasteiger partial charge in [-0.15, -0.1) is 21.5 Å². The van der Waals surface area contributed by atoms with Crippen molar-refractivity contribution in [3.63, 3.8) is 0 Å². The first-order valence-corrected chi connectivity index (χ1v) is 9.96. The van der Waals surface area contributed by atoms with Gasteiger partial charge in [0, 0.05) is 12.1 Å². The molecule has 0 spiro atoms. The molecule has 26 heavy (non-hydrogen) atoms. The van der Waals surface area contributed by atoms with Gasteiger partial charge in [0.1, 0.15) is 0 Å². The monoisotopic (exact) mass is 379 g/mol. The van der Waals surface area contributed by atoms with Crippen molar-refractivity contribution in [2.75, 3.05) is 6.26 Å². The largest absolute Gasteiger partial charge is 0.326 e. The highest BCUT2D eigenvalue weighted by Gasteiger charge is 2.09. The number of thioether (sulfide) groups is 1. The van der Waals surface area contributed by atoms with Gasteiger partial charge in [0.05, 0.1) is 27.6 Å². The summed E-state index contributed by atoms with van der Waals surface area (Å²) in [4.78, 5) is 9.12. The summed E-state index contributed by atoms with van der Waals surface area (Å²) in [6.45, 7) is 0.764. The van der Waals surface area contributed by atoms with Crippen molar-refractivity contribution in [3.8, 4) is 11.4 Å². The molecule has 0 radical (unpaired) electrons. The molecule has 0 aliphatic carbocycles. The Bertz CT molecular complexity index is 1210. The average molecular weight is 379 g/mol. The molecule has 128 valence electrons. The molecule has 0 fully saturated rings. The average Bonchev–Trinajstić information content (AvgIpc) is 3.40. The second-order valence-electron chi connectivity index (χ2n) is 5.80. The first-order valence-electron chi connectivity index (χ1n) is 7.92. The molecule has 0 saturated carbocycles. The standard InChI is InChI=1S/C17H13N7S2/c1-25-17-19-12-4-2-10(6-15(12)26-17)8-24-9-18-13-7-11(3-5-14(13)24)16-20-22-23-21-16/h2-7,9H,8H2,1H3,(H,20,21,22,23). The lowest BCUT2D eigenvalue weighted by atomic mass is 10.2. The number of imidazole rings is 1. The number of benzene rings is 2. The quantitative estimate of drug-likeness (QED) is 0.480. The van der Waals surface area contributed by atoms with Gasteiger partial charge in [-0.25, -0.2) is 9.97 Å². The number of aromatic nitrogens is 7. The van der Waals surface area contributed by atoms with Crippen molar-refractivity contribution in [3.05, 3.63) is 48.3 Å². The van der Waals surface area contributed by atoms with Crippen LogP contribution in [0.3, 0.4) is 0 Å². The molecule has 9 heteroatoms. The smallest absolute Gasteiger partial charge is 0.204 e. The maximum atomic E-state index is 4.60. The topological polar surface area (TPSA) is 85.2 Å². The van der Waals surface area contributed by atoms with E-state index in [-0.39, 0.29) is 0 Å². The van der Waals surface area contributed by atoms with Crippen LogP contribution in [0.1, 0.15) is 5.56 Å². The van der Waals surface area contributed by atoms with Crippen LogP contribution in [0.2, 0.25) is 0 Å². The summed E-state index contributed by atoms with van der Waals surface area (Å²) < 4.78 is 4.46. The number of rotatable bonds is 4. The Labute approximate surface area is 156 Å². The highest BCUT2D eigenvalue weighted by molar-refractivity contribution is 8.00. The van der Waals surface area contributed by atoms with Crippen LogP contribution >= 0.6 is 23.1 Å². The third kappa shape index (κ3) is 2.65. The number of nitrogens with zero attached hydrogens (tertiary/aromatic N) is 6. The van der Waals surface area contributed by atoms with Crippen LogP contribution in [-0.4, -0.2) is 41.4 Å². The van der Waals surface area contributed by atoms with Crippen LogP contribution in [0.4, 0.5) is 0 Å². The number of aromatic amines is 1. The summed E-state index contributed by atoms with van der Waals surface area (Å²) in [5.41, 5.74) is 5.17. The Balaban J connectivity index is 1.49. The fourth-order valence-electron chi connectivity index (χ4n) is 2.94. The van der Waals surface area contributed by atoms with Crippen LogP contribution in [0, 0.1) is 0 Å². The van der Waals surface area contributed by atoms with E-state index in [1.165, 1.54) is 10.3 Å². The van der Waals surface area contributed by atoms with E-state index in [2.05, 4.69) is 59.6 Å². The lowest BCUT2D eigenvalue weighted by molar-refractivity contribution is 0.826. The van der Waals surface area contributed by atoms with E-state index in [9.17, 15) is 0 Å². The second kappa shape index (κ2) is 6.19. The molecular weight excluding hydrogens is 366 g/mol. The number of thiazole rings is 1. The number of hydrogen-bond acceptors (Lipinski definition) is 7. The zero-order valence-corrected chi connectivity index (χ0v) is 15.4. The Kier molecular flexibility index (Phi) is 3.68. The third-order valence-corrected chi connectivity index (χ3v) is 6.19. The summed E-state index contributed by atoms with van der Waals surface area (Å²) >= 11 is 3.42. The van der Waals surface area contributed by atoms with E-state index in [0.29, 0.717) is 5.82 Å². The van der Waals surface area contributed by atoms with Gasteiger partial charge in [-0.3, -0.25) is 0 Å². The summed E-state index contributed by atoms with van der Waals surface area (Å²) in [6, 6.07) is 12.5. The van der Waals surface area contributed by atoms with Crippen LogP contribution in [0.5, 0.6) is 0 Å². The van der Waals surface area contributed by atoms with Gasteiger partial charge >= 0.3 is 0 Å². The maximum Gasteiger partial charge on any atom is 0.204 e. The molecule has 0 aliphatic heterocycles. The summed E-state index contributed by atoms with van der Waals surface area (Å²) in [5.74, 6) is 0.571. The number of nitrogens with one attached hydrogen (secondary N) is 1. The number of tetrazole rings is 1. The molecule has 0 atom stereocenters. The van der Waals surface area contributed by atoms with E-state index in [1.54, 1.807) is 23.1 Å². The minimum atomic E-state index is 0.571. The molecule has 3 heterocycles. The molecule has 7 nitrogen and oxygen atoms in total. The van der Waals surface area contributed by atoms with Gasteiger partial charge in [-0.1, -0.05) is 17.8 Å². The molecule has 2 aromatic carbocycles. The zero-order valence-electron chi connectivity index (χ0n) is 13.7. The van der Waals surface area contributed by atoms with E-state index >= 15 is 0 Å². The van der Waals surface area contributed by atoms with Crippen molar-refractivity contribution >= 4 is 44.3 Å². The molecular formula is C17H13N7S2. The van der Waals surface area contributed by atoms with Crippen LogP contribution in [-0.2, 0) is 6.54 Å². The Morgan fingerprint density at radius 1 is 1.15 bits per heavy atom. The molecule has 5 rings (SSSR count). The Morgan fingerprint density at radius 2 is 2.12 bits per heavy atom. The predicted molar refractivity (Wildman–Crippen MR) is 103 cm³/mol. The molecule has 0 saturated heterocycles. The van der Waals surface area contributed by atoms with Gasteiger partial charge in [0.25, 0.3) is 0 Å². The van der Waals surface area contributed by atoms with E-state index < -0.39 is 0 Å². The first kappa shape index (κ1) is 15.5. The number of fused-ring (bicyclic) bond motifs is 2. The van der Waals surface area contributed by atoms with Crippen molar-refractivity contribution in [2.24, 2.45) is 0 Å². The van der Waals surface area contributed by atoms with E-state index in [4.69, 9.17) is 0 Å². The molecule has 1 N–H and O–H groups in total. The number of H-pyrrole nitrogens is 1. The fraction of sp³-hybridized carbons (Fsp3) is 0.118. The lowest BCUT2D eigenvalue weighted by Gasteiger charge is -2.05. The summed E-state index contributed by atoms with van der Waals surface area (Å²) in [7, 11) is 0. The van der Waals surface area contributed by atoms with E-state index in [1.807, 2.05) is 24.5 Å². The van der Waals surface area contributed by atoms with Gasteiger partial charge in [-0.05, 0) is 47.4 Å². The molecule has 0 amide bonds. The van der Waals surface area contributed by atoms with Crippen LogP contribution in [0.25, 0.3) is 32.6 Å². The van der Waals surface area contributed by atoms with Crippen molar-refractivity contribution in [1.82, 2.24) is 35.2 Å². The predicted octanol–water partition coefficient (Wildman–Crippen LogP) is 3.60. The Hall–Kier alpha value is -2.78.